The first-order valence-corrected chi connectivity index (χ1v) is 7.42. The fourth-order valence-electron chi connectivity index (χ4n) is 2.62. The van der Waals surface area contributed by atoms with Gasteiger partial charge < -0.3 is 20.5 Å². The molecule has 0 aliphatic heterocycles. The molecule has 0 unspecified atom stereocenters. The number of rotatable bonds is 5. The van der Waals surface area contributed by atoms with E-state index in [1.165, 1.54) is 0 Å². The first-order valence-electron chi connectivity index (χ1n) is 7.42. The lowest BCUT2D eigenvalue weighted by atomic mass is 9.91. The van der Waals surface area contributed by atoms with E-state index in [1.54, 1.807) is 12.1 Å². The number of nitriles is 1. The molecular formula is C15H20N4O3. The number of carbonyl (C=O) groups is 1. The fraction of sp³-hybridized carbons (Fsp3) is 0.533. The average molecular weight is 304 g/mol. The van der Waals surface area contributed by atoms with Crippen LogP contribution >= 0.6 is 0 Å². The summed E-state index contributed by atoms with van der Waals surface area (Å²) in [5.41, 5.74) is 0.418. The Labute approximate surface area is 129 Å². The molecule has 0 spiro atoms. The molecule has 0 bridgehead atoms. The number of nitrogens with one attached hydrogen (secondary N) is 2. The summed E-state index contributed by atoms with van der Waals surface area (Å²) in [5, 5.41) is 23.6. The molecule has 1 fully saturated rings. The third-order valence-electron chi connectivity index (χ3n) is 3.67. The smallest absolute Gasteiger partial charge is 0.404 e. The summed E-state index contributed by atoms with van der Waals surface area (Å²) >= 11 is 0. The average Bonchev–Trinajstić information content (AvgIpc) is 2.49. The zero-order valence-corrected chi connectivity index (χ0v) is 12.5. The van der Waals surface area contributed by atoms with E-state index in [-0.39, 0.29) is 12.1 Å². The number of hydrogen-bond acceptors (Lipinski definition) is 5. The van der Waals surface area contributed by atoms with Crippen LogP contribution in [0.2, 0.25) is 0 Å². The van der Waals surface area contributed by atoms with Crippen LogP contribution in [0.15, 0.2) is 12.1 Å². The van der Waals surface area contributed by atoms with Gasteiger partial charge in [-0.1, -0.05) is 0 Å². The summed E-state index contributed by atoms with van der Waals surface area (Å²) in [4.78, 5) is 15.0. The second-order valence-corrected chi connectivity index (χ2v) is 5.24. The van der Waals surface area contributed by atoms with Crippen molar-refractivity contribution in [3.63, 3.8) is 0 Å². The summed E-state index contributed by atoms with van der Waals surface area (Å²) in [6, 6.07) is 5.80. The fourth-order valence-corrected chi connectivity index (χ4v) is 2.62. The molecule has 1 saturated carbocycles. The van der Waals surface area contributed by atoms with E-state index in [0.717, 1.165) is 25.7 Å². The predicted octanol–water partition coefficient (Wildman–Crippen LogP) is 2.34. The molecule has 1 aliphatic carbocycles. The lowest BCUT2D eigenvalue weighted by Gasteiger charge is -2.29. The summed E-state index contributed by atoms with van der Waals surface area (Å²) in [5.74, 6) is 1.02. The van der Waals surface area contributed by atoms with E-state index >= 15 is 0 Å². The van der Waals surface area contributed by atoms with Crippen molar-refractivity contribution in [1.82, 2.24) is 10.3 Å². The Morgan fingerprint density at radius 2 is 2.09 bits per heavy atom. The van der Waals surface area contributed by atoms with Gasteiger partial charge in [0.15, 0.2) is 0 Å². The molecule has 2 rings (SSSR count). The van der Waals surface area contributed by atoms with Crippen molar-refractivity contribution in [2.75, 3.05) is 11.9 Å². The normalized spacial score (nSPS) is 20.7. The van der Waals surface area contributed by atoms with Crippen molar-refractivity contribution >= 4 is 11.9 Å². The molecule has 1 aliphatic rings. The monoisotopic (exact) mass is 304 g/mol. The molecule has 0 radical (unpaired) electrons. The Bertz CT molecular complexity index is 562. The van der Waals surface area contributed by atoms with Gasteiger partial charge in [0.05, 0.1) is 6.61 Å². The molecular weight excluding hydrogens is 284 g/mol. The van der Waals surface area contributed by atoms with Gasteiger partial charge in [0.1, 0.15) is 17.5 Å². The number of anilines is 1. The van der Waals surface area contributed by atoms with Crippen LogP contribution < -0.4 is 15.4 Å². The van der Waals surface area contributed by atoms with E-state index in [0.29, 0.717) is 23.9 Å². The Hall–Kier alpha value is -2.49. The molecule has 7 nitrogen and oxygen atoms in total. The summed E-state index contributed by atoms with van der Waals surface area (Å²) in [7, 11) is 0. The van der Waals surface area contributed by atoms with Gasteiger partial charge in [-0.25, -0.2) is 4.79 Å². The SMILES string of the molecule is CCOc1nc(N[C@H]2CC[C@H](NC(=O)O)CC2)ccc1C#N. The third-order valence-corrected chi connectivity index (χ3v) is 3.67. The van der Waals surface area contributed by atoms with E-state index < -0.39 is 6.09 Å². The molecule has 0 atom stereocenters. The Morgan fingerprint density at radius 1 is 1.41 bits per heavy atom. The van der Waals surface area contributed by atoms with Gasteiger partial charge in [0, 0.05) is 12.1 Å². The van der Waals surface area contributed by atoms with E-state index in [9.17, 15) is 4.79 Å². The molecule has 1 amide bonds. The van der Waals surface area contributed by atoms with Crippen molar-refractivity contribution < 1.29 is 14.6 Å². The second kappa shape index (κ2) is 7.50. The van der Waals surface area contributed by atoms with Gasteiger partial charge in [-0.05, 0) is 44.7 Å². The summed E-state index contributed by atoms with van der Waals surface area (Å²) in [6.45, 7) is 2.30. The zero-order valence-electron chi connectivity index (χ0n) is 12.5. The molecule has 0 aromatic carbocycles. The molecule has 1 aromatic heterocycles. The van der Waals surface area contributed by atoms with Crippen LogP contribution in [-0.4, -0.2) is 34.9 Å². The number of ether oxygens (including phenoxy) is 1. The number of aromatic nitrogens is 1. The van der Waals surface area contributed by atoms with E-state index in [2.05, 4.69) is 21.7 Å². The second-order valence-electron chi connectivity index (χ2n) is 5.24. The van der Waals surface area contributed by atoms with Crippen molar-refractivity contribution in [3.8, 4) is 11.9 Å². The largest absolute Gasteiger partial charge is 0.477 e. The minimum atomic E-state index is -0.966. The quantitative estimate of drug-likeness (QED) is 0.770. The van der Waals surface area contributed by atoms with Crippen LogP contribution in [-0.2, 0) is 0 Å². The van der Waals surface area contributed by atoms with Crippen LogP contribution in [0.1, 0.15) is 38.2 Å². The highest BCUT2D eigenvalue weighted by molar-refractivity contribution is 5.64. The number of carboxylic acid groups (broad SMARTS) is 1. The number of hydrogen-bond donors (Lipinski definition) is 3. The molecule has 118 valence electrons. The van der Waals surface area contributed by atoms with Crippen molar-refractivity contribution in [2.24, 2.45) is 0 Å². The number of nitrogens with zero attached hydrogens (tertiary/aromatic N) is 2. The molecule has 0 saturated heterocycles. The topological polar surface area (TPSA) is 107 Å². The molecule has 1 aromatic rings. The van der Waals surface area contributed by atoms with E-state index in [4.69, 9.17) is 15.1 Å². The summed E-state index contributed by atoms with van der Waals surface area (Å²) < 4.78 is 5.37. The molecule has 7 heteroatoms. The van der Waals surface area contributed by atoms with Gasteiger partial charge in [-0.3, -0.25) is 0 Å². The number of amides is 1. The maximum atomic E-state index is 10.6. The van der Waals surface area contributed by atoms with Gasteiger partial charge >= 0.3 is 6.09 Å². The predicted molar refractivity (Wildman–Crippen MR) is 80.9 cm³/mol. The van der Waals surface area contributed by atoms with Crippen molar-refractivity contribution in [2.45, 2.75) is 44.7 Å². The Kier molecular flexibility index (Phi) is 5.42. The first kappa shape index (κ1) is 15.9. The van der Waals surface area contributed by atoms with Gasteiger partial charge in [0.2, 0.25) is 5.88 Å². The zero-order chi connectivity index (χ0) is 15.9. The van der Waals surface area contributed by atoms with E-state index in [1.807, 2.05) is 6.92 Å². The van der Waals surface area contributed by atoms with Crippen LogP contribution in [0.4, 0.5) is 10.6 Å². The minimum absolute atomic E-state index is 0.0310. The lowest BCUT2D eigenvalue weighted by Crippen LogP contribution is -2.39. The third kappa shape index (κ3) is 4.25. The van der Waals surface area contributed by atoms with Crippen LogP contribution in [0.25, 0.3) is 0 Å². The number of pyridine rings is 1. The first-order chi connectivity index (χ1) is 10.6. The highest BCUT2D eigenvalue weighted by atomic mass is 16.5. The van der Waals surface area contributed by atoms with Gasteiger partial charge in [-0.2, -0.15) is 10.2 Å². The molecule has 1 heterocycles. The minimum Gasteiger partial charge on any atom is -0.477 e. The summed E-state index contributed by atoms with van der Waals surface area (Å²) in [6.07, 6.45) is 2.39. The standard InChI is InChI=1S/C15H20N4O3/c1-2-22-14-10(9-16)3-8-13(19-14)17-11-4-6-12(7-5-11)18-15(20)21/h3,8,11-12,18H,2,4-7H2,1H3,(H,17,19)(H,20,21)/t11-,12-. The maximum Gasteiger partial charge on any atom is 0.404 e. The van der Waals surface area contributed by atoms with Gasteiger partial charge in [0.25, 0.3) is 0 Å². The Morgan fingerprint density at radius 3 is 2.68 bits per heavy atom. The van der Waals surface area contributed by atoms with Crippen LogP contribution in [0.3, 0.4) is 0 Å². The van der Waals surface area contributed by atoms with Crippen molar-refractivity contribution in [1.29, 1.82) is 5.26 Å². The molecule has 22 heavy (non-hydrogen) atoms. The lowest BCUT2D eigenvalue weighted by molar-refractivity contribution is 0.185. The van der Waals surface area contributed by atoms with Crippen LogP contribution in [0, 0.1) is 11.3 Å². The van der Waals surface area contributed by atoms with Crippen LogP contribution in [0.5, 0.6) is 5.88 Å². The molecule has 3 N–H and O–H groups in total. The van der Waals surface area contributed by atoms with Crippen molar-refractivity contribution in [3.05, 3.63) is 17.7 Å². The highest BCUT2D eigenvalue weighted by Gasteiger charge is 2.22. The Balaban J connectivity index is 1.93. The van der Waals surface area contributed by atoms with Gasteiger partial charge in [-0.15, -0.1) is 0 Å². The maximum absolute atomic E-state index is 10.6. The highest BCUT2D eigenvalue weighted by Crippen LogP contribution is 2.24.